The monoisotopic (exact) mass is 497 g/mol. The fourth-order valence-corrected chi connectivity index (χ4v) is 4.49. The van der Waals surface area contributed by atoms with Crippen LogP contribution >= 0.6 is 0 Å². The number of ether oxygens (including phenoxy) is 1. The molecule has 190 valence electrons. The number of benzene rings is 2. The summed E-state index contributed by atoms with van der Waals surface area (Å²) in [6, 6.07) is 12.1. The van der Waals surface area contributed by atoms with Gasteiger partial charge in [0.2, 0.25) is 0 Å². The Kier molecular flexibility index (Phi) is 7.80. The molecule has 4 rings (SSSR count). The fourth-order valence-electron chi connectivity index (χ4n) is 4.49. The van der Waals surface area contributed by atoms with Gasteiger partial charge in [-0.3, -0.25) is 4.79 Å². The highest BCUT2D eigenvalue weighted by Crippen LogP contribution is 2.35. The number of rotatable bonds is 7. The van der Waals surface area contributed by atoms with Crippen LogP contribution < -0.4 is 15.8 Å². The molecule has 9 heteroatoms. The molecule has 9 nitrogen and oxygen atoms in total. The second kappa shape index (κ2) is 11.2. The van der Waals surface area contributed by atoms with Gasteiger partial charge < -0.3 is 20.7 Å². The Bertz CT molecular complexity index is 1410. The maximum atomic E-state index is 13.0. The number of amides is 1. The molecule has 0 atom stereocenters. The van der Waals surface area contributed by atoms with Crippen LogP contribution in [0.2, 0.25) is 0 Å². The summed E-state index contributed by atoms with van der Waals surface area (Å²) in [5.41, 5.74) is 9.09. The molecule has 0 unspecified atom stereocenters. The average Bonchev–Trinajstić information content (AvgIpc) is 2.91. The molecule has 3 N–H and O–H groups in total. The molecule has 3 aromatic rings. The number of nitrogens with two attached hydrogens (primary N) is 1. The summed E-state index contributed by atoms with van der Waals surface area (Å²) in [4.78, 5) is 28.5. The molecule has 0 aliphatic heterocycles. The van der Waals surface area contributed by atoms with E-state index in [1.807, 2.05) is 36.4 Å². The van der Waals surface area contributed by atoms with E-state index < -0.39 is 5.91 Å². The van der Waals surface area contributed by atoms with Gasteiger partial charge >= 0.3 is 0 Å². The van der Waals surface area contributed by atoms with Crippen LogP contribution in [0.15, 0.2) is 53.7 Å². The largest absolute Gasteiger partial charge is 0.495 e. The van der Waals surface area contributed by atoms with Crippen LogP contribution in [-0.2, 0) is 0 Å². The smallest absolute Gasteiger partial charge is 0.297 e. The van der Waals surface area contributed by atoms with Gasteiger partial charge in [-0.2, -0.15) is 5.26 Å². The van der Waals surface area contributed by atoms with Gasteiger partial charge in [-0.05, 0) is 57.3 Å². The number of hydrogen-bond acceptors (Lipinski definition) is 8. The van der Waals surface area contributed by atoms with E-state index in [1.54, 1.807) is 7.11 Å². The third-order valence-electron chi connectivity index (χ3n) is 6.64. The molecule has 1 aliphatic rings. The molecular formula is C28H31N7O2. The van der Waals surface area contributed by atoms with Crippen molar-refractivity contribution >= 4 is 33.8 Å². The Labute approximate surface area is 216 Å². The Balaban J connectivity index is 1.66. The number of carbonyl (C=O) groups excluding carboxylic acids is 1. The first-order valence-corrected chi connectivity index (χ1v) is 12.1. The van der Waals surface area contributed by atoms with Crippen LogP contribution in [0.5, 0.6) is 5.75 Å². The van der Waals surface area contributed by atoms with E-state index >= 15 is 0 Å². The lowest BCUT2D eigenvalue weighted by Gasteiger charge is -2.28. The van der Waals surface area contributed by atoms with Crippen molar-refractivity contribution in [3.05, 3.63) is 54.4 Å². The molecule has 0 radical (unpaired) electrons. The molecule has 1 heterocycles. The Morgan fingerprint density at radius 2 is 2.03 bits per heavy atom. The van der Waals surface area contributed by atoms with E-state index in [-0.39, 0.29) is 17.9 Å². The molecule has 0 bridgehead atoms. The van der Waals surface area contributed by atoms with Crippen molar-refractivity contribution in [2.24, 2.45) is 4.99 Å². The summed E-state index contributed by atoms with van der Waals surface area (Å²) in [6.07, 6.45) is 4.97. The molecule has 0 saturated heterocycles. The molecule has 0 spiro atoms. The lowest BCUT2D eigenvalue weighted by atomic mass is 9.93. The Morgan fingerprint density at radius 3 is 2.70 bits per heavy atom. The van der Waals surface area contributed by atoms with Gasteiger partial charge in [-0.15, -0.1) is 0 Å². The first-order chi connectivity index (χ1) is 17.8. The third-order valence-corrected chi connectivity index (χ3v) is 6.64. The summed E-state index contributed by atoms with van der Waals surface area (Å²) >= 11 is 0. The Hall–Kier alpha value is -4.29. The summed E-state index contributed by atoms with van der Waals surface area (Å²) < 4.78 is 5.54. The van der Waals surface area contributed by atoms with Gasteiger partial charge in [0.15, 0.2) is 11.5 Å². The highest BCUT2D eigenvalue weighted by atomic mass is 16.5. The molecule has 1 fully saturated rings. The number of methoxy groups -OCH3 is 1. The molecule has 1 aromatic heterocycles. The zero-order valence-corrected chi connectivity index (χ0v) is 21.4. The van der Waals surface area contributed by atoms with E-state index in [1.165, 1.54) is 6.20 Å². The van der Waals surface area contributed by atoms with Crippen LogP contribution in [-0.4, -0.2) is 60.3 Å². The van der Waals surface area contributed by atoms with Gasteiger partial charge in [-0.25, -0.2) is 15.0 Å². The zero-order chi connectivity index (χ0) is 26.5. The number of nitrogens with zero attached hydrogens (tertiary/aromatic N) is 5. The molecule has 1 amide bonds. The van der Waals surface area contributed by atoms with Crippen molar-refractivity contribution in [1.82, 2.24) is 14.9 Å². The summed E-state index contributed by atoms with van der Waals surface area (Å²) in [7, 11) is 5.74. The number of nitrogen functional groups attached to an aromatic ring is 1. The van der Waals surface area contributed by atoms with Crippen LogP contribution in [0.3, 0.4) is 0 Å². The predicted molar refractivity (Wildman–Crippen MR) is 147 cm³/mol. The topological polar surface area (TPSA) is 130 Å². The number of aliphatic imine (C=N–C) groups is 1. The molecule has 1 saturated carbocycles. The summed E-state index contributed by atoms with van der Waals surface area (Å²) in [5, 5.41) is 14.2. The minimum absolute atomic E-state index is 0.0987. The van der Waals surface area contributed by atoms with Gasteiger partial charge in [0, 0.05) is 34.8 Å². The minimum atomic E-state index is -0.445. The lowest BCUT2D eigenvalue weighted by Crippen LogP contribution is -2.32. The second-order valence-electron chi connectivity index (χ2n) is 9.32. The standard InChI is InChI=1S/C28H31N7O2/c1-17(14-29)15-31-25-22-13-19(6-5-18(22)7-12-24(25)37-4)27-32-16-23(30)26(34-27)28(36)33-20-8-10-21(11-9-20)35(2)3/h5-7,12-13,16,21,31H,1,8-11,15,30H2,2-4H3. The van der Waals surface area contributed by atoms with Crippen LogP contribution in [0.25, 0.3) is 22.2 Å². The third kappa shape index (κ3) is 5.76. The number of nitriles is 1. The first-order valence-electron chi connectivity index (χ1n) is 12.1. The average molecular weight is 498 g/mol. The van der Waals surface area contributed by atoms with Gasteiger partial charge in [-0.1, -0.05) is 24.8 Å². The molecule has 1 aliphatic carbocycles. The number of carbonyl (C=O) groups is 1. The number of aromatic nitrogens is 2. The van der Waals surface area contributed by atoms with Crippen molar-refractivity contribution in [2.45, 2.75) is 31.7 Å². The minimum Gasteiger partial charge on any atom is -0.495 e. The second-order valence-corrected chi connectivity index (χ2v) is 9.32. The van der Waals surface area contributed by atoms with Gasteiger partial charge in [0.25, 0.3) is 5.91 Å². The van der Waals surface area contributed by atoms with Crippen molar-refractivity contribution in [3.63, 3.8) is 0 Å². The molecular weight excluding hydrogens is 466 g/mol. The predicted octanol–water partition coefficient (Wildman–Crippen LogP) is 4.46. The van der Waals surface area contributed by atoms with E-state index in [0.29, 0.717) is 28.8 Å². The van der Waals surface area contributed by atoms with Crippen LogP contribution in [0.4, 0.5) is 11.4 Å². The lowest BCUT2D eigenvalue weighted by molar-refractivity contribution is 0.0998. The van der Waals surface area contributed by atoms with E-state index in [9.17, 15) is 4.79 Å². The highest BCUT2D eigenvalue weighted by Gasteiger charge is 2.21. The highest BCUT2D eigenvalue weighted by molar-refractivity contribution is 6.06. The maximum absolute atomic E-state index is 13.0. The molecule has 37 heavy (non-hydrogen) atoms. The fraction of sp³-hybridized carbons (Fsp3) is 0.321. The normalized spacial score (nSPS) is 15.3. The Morgan fingerprint density at radius 1 is 1.30 bits per heavy atom. The molecule has 2 aromatic carbocycles. The zero-order valence-electron chi connectivity index (χ0n) is 21.4. The van der Waals surface area contributed by atoms with E-state index in [4.69, 9.17) is 15.7 Å². The number of fused-ring (bicyclic) bond motifs is 1. The van der Waals surface area contributed by atoms with E-state index in [0.717, 1.165) is 47.9 Å². The van der Waals surface area contributed by atoms with Crippen molar-refractivity contribution in [1.29, 1.82) is 5.26 Å². The SMILES string of the molecule is C=C(C#N)CNc1c(OC)ccc2ccc(-c3ncc(N)c(C(=O)N=C4CCC(N(C)C)CC4)n3)cc12. The van der Waals surface area contributed by atoms with Crippen LogP contribution in [0.1, 0.15) is 36.2 Å². The number of anilines is 2. The first kappa shape index (κ1) is 25.8. The van der Waals surface area contributed by atoms with Crippen molar-refractivity contribution in [2.75, 3.05) is 38.8 Å². The number of hydrogen-bond donors (Lipinski definition) is 2. The summed E-state index contributed by atoms with van der Waals surface area (Å²) in [5.74, 6) is 0.551. The van der Waals surface area contributed by atoms with Crippen molar-refractivity contribution in [3.8, 4) is 23.2 Å². The van der Waals surface area contributed by atoms with Crippen molar-refractivity contribution < 1.29 is 9.53 Å². The number of nitrogens with one attached hydrogen (secondary N) is 1. The van der Waals surface area contributed by atoms with Gasteiger partial charge in [0.05, 0.1) is 30.8 Å². The quantitative estimate of drug-likeness (QED) is 0.458. The maximum Gasteiger partial charge on any atom is 0.297 e. The van der Waals surface area contributed by atoms with E-state index in [2.05, 4.69) is 45.9 Å². The van der Waals surface area contributed by atoms with Gasteiger partial charge in [0.1, 0.15) is 5.75 Å². The summed E-state index contributed by atoms with van der Waals surface area (Å²) in [6.45, 7) is 4.02. The van der Waals surface area contributed by atoms with Crippen LogP contribution in [0, 0.1) is 11.3 Å².